The topological polar surface area (TPSA) is 63.6 Å². The SMILES string of the molecule is CCCCC(C(=O)O)C(F)C(F)F.CCOC(=O)C(C)(C)C. The molecule has 0 spiro atoms. The van der Waals surface area contributed by atoms with Crippen LogP contribution in [0.25, 0.3) is 0 Å². The van der Waals surface area contributed by atoms with E-state index in [9.17, 15) is 22.8 Å². The summed E-state index contributed by atoms with van der Waals surface area (Å²) in [4.78, 5) is 21.2. The lowest BCUT2D eigenvalue weighted by molar-refractivity contribution is -0.152. The Morgan fingerprint density at radius 2 is 1.64 bits per heavy atom. The number of halogens is 3. The zero-order chi connectivity index (χ0) is 17.9. The summed E-state index contributed by atoms with van der Waals surface area (Å²) in [5.41, 5.74) is -0.351. The number of aliphatic carboxylic acids is 1. The summed E-state index contributed by atoms with van der Waals surface area (Å²) in [6.45, 7) is 9.58. The molecule has 2 unspecified atom stereocenters. The van der Waals surface area contributed by atoms with Gasteiger partial charge in [0.2, 0.25) is 0 Å². The van der Waals surface area contributed by atoms with Crippen LogP contribution in [-0.2, 0) is 14.3 Å². The van der Waals surface area contributed by atoms with Gasteiger partial charge in [0, 0.05) is 0 Å². The van der Waals surface area contributed by atoms with Crippen LogP contribution in [0.3, 0.4) is 0 Å². The number of carbonyl (C=O) groups excluding carboxylic acids is 1. The Balaban J connectivity index is 0. The van der Waals surface area contributed by atoms with Crippen molar-refractivity contribution >= 4 is 11.9 Å². The lowest BCUT2D eigenvalue weighted by atomic mass is 9.97. The molecule has 132 valence electrons. The van der Waals surface area contributed by atoms with Gasteiger partial charge in [0.1, 0.15) is 0 Å². The average molecular weight is 328 g/mol. The highest BCUT2D eigenvalue weighted by Gasteiger charge is 2.34. The third-order valence-corrected chi connectivity index (χ3v) is 2.70. The van der Waals surface area contributed by atoms with E-state index < -0.39 is 24.5 Å². The maximum Gasteiger partial charge on any atom is 0.311 e. The van der Waals surface area contributed by atoms with Gasteiger partial charge < -0.3 is 9.84 Å². The third-order valence-electron chi connectivity index (χ3n) is 2.70. The lowest BCUT2D eigenvalue weighted by Gasteiger charge is -2.15. The minimum absolute atomic E-state index is 0.0304. The van der Waals surface area contributed by atoms with Crippen molar-refractivity contribution in [2.24, 2.45) is 11.3 Å². The molecular weight excluding hydrogens is 301 g/mol. The first-order valence-corrected chi connectivity index (χ1v) is 7.31. The summed E-state index contributed by atoms with van der Waals surface area (Å²) in [7, 11) is 0. The second-order valence-electron chi connectivity index (χ2n) is 5.84. The number of hydrogen-bond acceptors (Lipinski definition) is 3. The minimum Gasteiger partial charge on any atom is -0.481 e. The average Bonchev–Trinajstić information content (AvgIpc) is 2.38. The number of carbonyl (C=O) groups is 2. The van der Waals surface area contributed by atoms with E-state index in [0.717, 1.165) is 0 Å². The summed E-state index contributed by atoms with van der Waals surface area (Å²) in [6, 6.07) is 0. The molecule has 0 amide bonds. The van der Waals surface area contributed by atoms with Gasteiger partial charge in [-0.05, 0) is 34.1 Å². The van der Waals surface area contributed by atoms with E-state index >= 15 is 0 Å². The molecule has 0 fully saturated rings. The third kappa shape index (κ3) is 10.5. The maximum atomic E-state index is 12.6. The molecule has 0 radical (unpaired) electrons. The molecule has 1 N–H and O–H groups in total. The number of rotatable bonds is 7. The van der Waals surface area contributed by atoms with Crippen LogP contribution in [0.15, 0.2) is 0 Å². The largest absolute Gasteiger partial charge is 0.481 e. The summed E-state index contributed by atoms with van der Waals surface area (Å²) >= 11 is 0. The highest BCUT2D eigenvalue weighted by atomic mass is 19.3. The number of hydrogen-bond donors (Lipinski definition) is 1. The van der Waals surface area contributed by atoms with Gasteiger partial charge in [-0.3, -0.25) is 9.59 Å². The van der Waals surface area contributed by atoms with Crippen LogP contribution in [0, 0.1) is 11.3 Å². The van der Waals surface area contributed by atoms with E-state index in [1.807, 2.05) is 27.7 Å². The van der Waals surface area contributed by atoms with Gasteiger partial charge in [0.25, 0.3) is 6.43 Å². The van der Waals surface area contributed by atoms with Gasteiger partial charge in [-0.25, -0.2) is 13.2 Å². The van der Waals surface area contributed by atoms with Crippen LogP contribution in [0.2, 0.25) is 0 Å². The van der Waals surface area contributed by atoms with Crippen LogP contribution in [0.1, 0.15) is 53.9 Å². The lowest BCUT2D eigenvalue weighted by Crippen LogP contribution is -2.30. The molecule has 0 rings (SSSR count). The van der Waals surface area contributed by atoms with Crippen molar-refractivity contribution in [3.63, 3.8) is 0 Å². The van der Waals surface area contributed by atoms with E-state index in [4.69, 9.17) is 9.84 Å². The van der Waals surface area contributed by atoms with Crippen LogP contribution in [-0.4, -0.2) is 36.2 Å². The number of alkyl halides is 3. The Kier molecular flexibility index (Phi) is 11.8. The van der Waals surface area contributed by atoms with Gasteiger partial charge in [-0.1, -0.05) is 19.8 Å². The number of unbranched alkanes of at least 4 members (excludes halogenated alkanes) is 1. The number of carboxylic acid groups (broad SMARTS) is 1. The fraction of sp³-hybridized carbons (Fsp3) is 0.867. The molecule has 2 atom stereocenters. The van der Waals surface area contributed by atoms with Gasteiger partial charge in [-0.15, -0.1) is 0 Å². The molecule has 0 bridgehead atoms. The predicted octanol–water partition coefficient (Wildman–Crippen LogP) is 4.08. The van der Waals surface area contributed by atoms with Crippen molar-refractivity contribution < 1.29 is 32.6 Å². The fourth-order valence-electron chi connectivity index (χ4n) is 1.37. The number of carboxylic acids is 1. The summed E-state index contributed by atoms with van der Waals surface area (Å²) in [6.07, 6.45) is -4.68. The zero-order valence-corrected chi connectivity index (χ0v) is 13.9. The first-order valence-electron chi connectivity index (χ1n) is 7.31. The van der Waals surface area contributed by atoms with Crippen LogP contribution in [0.4, 0.5) is 13.2 Å². The monoisotopic (exact) mass is 328 g/mol. The Labute approximate surface area is 130 Å². The molecule has 0 heterocycles. The number of esters is 1. The highest BCUT2D eigenvalue weighted by Crippen LogP contribution is 2.21. The van der Waals surface area contributed by atoms with Gasteiger partial charge in [0.05, 0.1) is 17.9 Å². The Hall–Kier alpha value is -1.27. The molecular formula is C15H27F3O4. The van der Waals surface area contributed by atoms with Gasteiger partial charge in [0.15, 0.2) is 6.17 Å². The van der Waals surface area contributed by atoms with Crippen LogP contribution >= 0.6 is 0 Å². The molecule has 7 heteroatoms. The van der Waals surface area contributed by atoms with Crippen molar-refractivity contribution in [1.29, 1.82) is 0 Å². The molecule has 4 nitrogen and oxygen atoms in total. The van der Waals surface area contributed by atoms with E-state index in [2.05, 4.69) is 0 Å². The van der Waals surface area contributed by atoms with Crippen molar-refractivity contribution in [2.75, 3.05) is 6.61 Å². The summed E-state index contributed by atoms with van der Waals surface area (Å²) < 4.78 is 41.1. The van der Waals surface area contributed by atoms with Crippen molar-refractivity contribution in [3.8, 4) is 0 Å². The molecule has 0 saturated heterocycles. The molecule has 0 aromatic carbocycles. The van der Waals surface area contributed by atoms with Crippen molar-refractivity contribution in [1.82, 2.24) is 0 Å². The van der Waals surface area contributed by atoms with E-state index in [1.54, 1.807) is 6.92 Å². The quantitative estimate of drug-likeness (QED) is 0.715. The standard InChI is InChI=1S/C8H13F3O2.C7H14O2/c1-2-3-4-5(8(12)13)6(9)7(10)11;1-5-9-6(8)7(2,3)4/h5-7H,2-4H2,1H3,(H,12,13);5H2,1-4H3. The second-order valence-corrected chi connectivity index (χ2v) is 5.84. The van der Waals surface area contributed by atoms with E-state index in [0.29, 0.717) is 19.4 Å². The first-order chi connectivity index (χ1) is 9.98. The maximum absolute atomic E-state index is 12.6. The van der Waals surface area contributed by atoms with E-state index in [1.165, 1.54) is 0 Å². The first kappa shape index (κ1) is 23.0. The Bertz CT molecular complexity index is 327. The van der Waals surface area contributed by atoms with Gasteiger partial charge in [-0.2, -0.15) is 0 Å². The minimum atomic E-state index is -3.21. The Morgan fingerprint density at radius 3 is 1.86 bits per heavy atom. The summed E-state index contributed by atoms with van der Waals surface area (Å²) in [5.74, 6) is -3.19. The normalized spacial score (nSPS) is 13.9. The predicted molar refractivity (Wildman–Crippen MR) is 77.6 cm³/mol. The fourth-order valence-corrected chi connectivity index (χ4v) is 1.37. The second kappa shape index (κ2) is 11.3. The number of ether oxygens (including phenoxy) is 1. The molecule has 22 heavy (non-hydrogen) atoms. The molecule has 0 aliphatic rings. The molecule has 0 aliphatic heterocycles. The highest BCUT2D eigenvalue weighted by molar-refractivity contribution is 5.75. The molecule has 0 aromatic rings. The molecule has 0 aromatic heterocycles. The van der Waals surface area contributed by atoms with Crippen LogP contribution in [0.5, 0.6) is 0 Å². The van der Waals surface area contributed by atoms with E-state index in [-0.39, 0.29) is 17.8 Å². The summed E-state index contributed by atoms with van der Waals surface area (Å²) in [5, 5.41) is 8.45. The van der Waals surface area contributed by atoms with Crippen molar-refractivity contribution in [2.45, 2.75) is 66.5 Å². The molecule has 0 saturated carbocycles. The smallest absolute Gasteiger partial charge is 0.311 e. The zero-order valence-electron chi connectivity index (χ0n) is 13.9. The van der Waals surface area contributed by atoms with Crippen molar-refractivity contribution in [3.05, 3.63) is 0 Å². The van der Waals surface area contributed by atoms with Gasteiger partial charge >= 0.3 is 11.9 Å². The van der Waals surface area contributed by atoms with Crippen LogP contribution < -0.4 is 0 Å². The Morgan fingerprint density at radius 1 is 1.14 bits per heavy atom. The molecule has 0 aliphatic carbocycles.